The van der Waals surface area contributed by atoms with Gasteiger partial charge < -0.3 is 5.73 Å². The first-order valence-corrected chi connectivity index (χ1v) is 7.11. The molecule has 0 amide bonds. The second-order valence-electron chi connectivity index (χ2n) is 4.61. The fraction of sp³-hybridized carbons (Fsp3) is 0.538. The molecule has 16 heavy (non-hydrogen) atoms. The molecule has 2 rings (SSSR count). The van der Waals surface area contributed by atoms with E-state index in [9.17, 15) is 4.21 Å². The van der Waals surface area contributed by atoms with E-state index in [4.69, 9.17) is 5.73 Å². The van der Waals surface area contributed by atoms with Gasteiger partial charge in [0.1, 0.15) is 0 Å². The molecule has 3 heteroatoms. The summed E-state index contributed by atoms with van der Waals surface area (Å²) in [4.78, 5) is 0.988. The summed E-state index contributed by atoms with van der Waals surface area (Å²) in [7, 11) is -0.882. The fourth-order valence-corrected chi connectivity index (χ4v) is 4.10. The molecule has 3 unspecified atom stereocenters. The summed E-state index contributed by atoms with van der Waals surface area (Å²) >= 11 is 0. The number of nitrogens with two attached hydrogens (primary N) is 1. The lowest BCUT2D eigenvalue weighted by Crippen LogP contribution is -2.33. The summed E-state index contributed by atoms with van der Waals surface area (Å²) in [6.07, 6.45) is 4.15. The van der Waals surface area contributed by atoms with Crippen LogP contribution < -0.4 is 5.73 Å². The predicted octanol–water partition coefficient (Wildman–Crippen LogP) is 2.37. The van der Waals surface area contributed by atoms with Crippen LogP contribution in [0.1, 0.15) is 31.2 Å². The molecule has 0 spiro atoms. The van der Waals surface area contributed by atoms with Gasteiger partial charge in [0.05, 0.1) is 10.8 Å². The molecule has 2 nitrogen and oxygen atoms in total. The van der Waals surface area contributed by atoms with E-state index in [1.807, 2.05) is 31.2 Å². The van der Waals surface area contributed by atoms with Crippen molar-refractivity contribution < 1.29 is 4.21 Å². The van der Waals surface area contributed by atoms with Crippen molar-refractivity contribution in [1.82, 2.24) is 0 Å². The topological polar surface area (TPSA) is 43.1 Å². The van der Waals surface area contributed by atoms with Crippen LogP contribution in [0.4, 0.5) is 0 Å². The van der Waals surface area contributed by atoms with Crippen LogP contribution in [0.25, 0.3) is 0 Å². The fourth-order valence-electron chi connectivity index (χ4n) is 2.34. The van der Waals surface area contributed by atoms with Crippen LogP contribution >= 0.6 is 0 Å². The van der Waals surface area contributed by atoms with Gasteiger partial charge in [0.25, 0.3) is 0 Å². The zero-order valence-corrected chi connectivity index (χ0v) is 10.5. The lowest BCUT2D eigenvalue weighted by atomic mass is 9.96. The van der Waals surface area contributed by atoms with Gasteiger partial charge in [0.15, 0.2) is 0 Å². The predicted molar refractivity (Wildman–Crippen MR) is 67.8 cm³/mol. The van der Waals surface area contributed by atoms with E-state index < -0.39 is 10.8 Å². The Morgan fingerprint density at radius 2 is 2.06 bits per heavy atom. The largest absolute Gasteiger partial charge is 0.328 e. The van der Waals surface area contributed by atoms with E-state index in [0.717, 1.165) is 36.1 Å². The minimum Gasteiger partial charge on any atom is -0.328 e. The molecule has 1 aliphatic rings. The zero-order valence-electron chi connectivity index (χ0n) is 9.69. The minimum absolute atomic E-state index is 0.242. The van der Waals surface area contributed by atoms with Crippen LogP contribution in [0, 0.1) is 6.92 Å². The number of hydrogen-bond donors (Lipinski definition) is 1. The van der Waals surface area contributed by atoms with Crippen molar-refractivity contribution in [2.75, 3.05) is 0 Å². The molecule has 1 aromatic rings. The first kappa shape index (κ1) is 11.8. The normalized spacial score (nSPS) is 27.6. The first-order valence-electron chi connectivity index (χ1n) is 5.90. The van der Waals surface area contributed by atoms with Crippen LogP contribution in [-0.2, 0) is 10.8 Å². The van der Waals surface area contributed by atoms with Gasteiger partial charge in [-0.15, -0.1) is 0 Å². The van der Waals surface area contributed by atoms with Crippen LogP contribution in [0.15, 0.2) is 29.2 Å². The highest BCUT2D eigenvalue weighted by molar-refractivity contribution is 7.85. The molecule has 0 bridgehead atoms. The van der Waals surface area contributed by atoms with Crippen LogP contribution in [0.2, 0.25) is 0 Å². The van der Waals surface area contributed by atoms with E-state index in [1.165, 1.54) is 0 Å². The average Bonchev–Trinajstić information content (AvgIpc) is 2.29. The molecule has 0 heterocycles. The Hall–Kier alpha value is -0.670. The maximum absolute atomic E-state index is 12.4. The molecule has 1 fully saturated rings. The van der Waals surface area contributed by atoms with E-state index >= 15 is 0 Å². The lowest BCUT2D eigenvalue weighted by molar-refractivity contribution is 0.444. The molecule has 0 aliphatic heterocycles. The molecule has 2 N–H and O–H groups in total. The Balaban J connectivity index is 2.16. The third-order valence-corrected chi connectivity index (χ3v) is 5.20. The number of rotatable bonds is 2. The van der Waals surface area contributed by atoms with E-state index in [-0.39, 0.29) is 11.3 Å². The van der Waals surface area contributed by atoms with E-state index in [2.05, 4.69) is 0 Å². The highest BCUT2D eigenvalue weighted by Crippen LogP contribution is 2.26. The molecule has 3 atom stereocenters. The Labute approximate surface area is 99.7 Å². The number of aryl methyl sites for hydroxylation is 1. The van der Waals surface area contributed by atoms with Crippen molar-refractivity contribution in [3.8, 4) is 0 Å². The molecule has 1 saturated carbocycles. The number of benzene rings is 1. The van der Waals surface area contributed by atoms with Gasteiger partial charge in [-0.25, -0.2) is 0 Å². The third kappa shape index (κ3) is 2.53. The van der Waals surface area contributed by atoms with Crippen molar-refractivity contribution in [1.29, 1.82) is 0 Å². The van der Waals surface area contributed by atoms with Gasteiger partial charge in [-0.05, 0) is 37.8 Å². The van der Waals surface area contributed by atoms with Gasteiger partial charge in [0.2, 0.25) is 0 Å². The van der Waals surface area contributed by atoms with Crippen molar-refractivity contribution in [2.45, 2.75) is 48.8 Å². The quantitative estimate of drug-likeness (QED) is 0.858. The molecule has 1 aromatic carbocycles. The molecule has 88 valence electrons. The van der Waals surface area contributed by atoms with E-state index in [0.29, 0.717) is 0 Å². The monoisotopic (exact) mass is 237 g/mol. The van der Waals surface area contributed by atoms with Gasteiger partial charge in [0, 0.05) is 16.2 Å². The molecule has 0 radical (unpaired) electrons. The second kappa shape index (κ2) is 5.11. The molecule has 0 aromatic heterocycles. The van der Waals surface area contributed by atoms with Crippen molar-refractivity contribution in [3.05, 3.63) is 29.8 Å². The first-order chi connectivity index (χ1) is 7.68. The SMILES string of the molecule is Cc1ccccc1S(=O)C1CCCC(N)C1. The minimum atomic E-state index is -0.882. The average molecular weight is 237 g/mol. The summed E-state index contributed by atoms with van der Waals surface area (Å²) in [5, 5.41) is 0.254. The Kier molecular flexibility index (Phi) is 3.77. The van der Waals surface area contributed by atoms with Crippen LogP contribution in [0.3, 0.4) is 0 Å². The van der Waals surface area contributed by atoms with Gasteiger partial charge >= 0.3 is 0 Å². The summed E-state index contributed by atoms with van der Waals surface area (Å²) in [6.45, 7) is 2.02. The van der Waals surface area contributed by atoms with Crippen LogP contribution in [0.5, 0.6) is 0 Å². The second-order valence-corrected chi connectivity index (χ2v) is 6.31. The number of hydrogen-bond acceptors (Lipinski definition) is 2. The standard InChI is InChI=1S/C13H19NOS/c1-10-5-2-3-8-13(10)16(15)12-7-4-6-11(14)9-12/h2-3,5,8,11-12H,4,6-7,9,14H2,1H3. The maximum Gasteiger partial charge on any atom is 0.0564 e. The Morgan fingerprint density at radius 1 is 1.31 bits per heavy atom. The smallest absolute Gasteiger partial charge is 0.0564 e. The van der Waals surface area contributed by atoms with Gasteiger partial charge in [-0.1, -0.05) is 24.6 Å². The van der Waals surface area contributed by atoms with Gasteiger partial charge in [-0.2, -0.15) is 0 Å². The molecule has 0 saturated heterocycles. The maximum atomic E-state index is 12.4. The Bertz CT molecular complexity index is 391. The van der Waals surface area contributed by atoms with Crippen LogP contribution in [-0.4, -0.2) is 15.5 Å². The molecule has 1 aliphatic carbocycles. The third-order valence-electron chi connectivity index (χ3n) is 3.28. The zero-order chi connectivity index (χ0) is 11.5. The highest BCUT2D eigenvalue weighted by atomic mass is 32.2. The summed E-state index contributed by atoms with van der Waals surface area (Å²) < 4.78 is 12.4. The summed E-state index contributed by atoms with van der Waals surface area (Å²) in [6, 6.07) is 8.19. The molecular formula is C13H19NOS. The van der Waals surface area contributed by atoms with Crippen molar-refractivity contribution in [2.24, 2.45) is 5.73 Å². The summed E-state index contributed by atoms with van der Waals surface area (Å²) in [5.74, 6) is 0. The Morgan fingerprint density at radius 3 is 2.75 bits per heavy atom. The van der Waals surface area contributed by atoms with Gasteiger partial charge in [-0.3, -0.25) is 4.21 Å². The molecular weight excluding hydrogens is 218 g/mol. The van der Waals surface area contributed by atoms with Crippen molar-refractivity contribution >= 4 is 10.8 Å². The van der Waals surface area contributed by atoms with E-state index in [1.54, 1.807) is 0 Å². The lowest BCUT2D eigenvalue weighted by Gasteiger charge is -2.26. The highest BCUT2D eigenvalue weighted by Gasteiger charge is 2.25. The summed E-state index contributed by atoms with van der Waals surface area (Å²) in [5.41, 5.74) is 7.07. The van der Waals surface area contributed by atoms with Crippen molar-refractivity contribution in [3.63, 3.8) is 0 Å².